The van der Waals surface area contributed by atoms with Crippen LogP contribution in [0.25, 0.3) is 0 Å². The fraction of sp³-hybridized carbons (Fsp3) is 0.385. The van der Waals surface area contributed by atoms with Crippen molar-refractivity contribution in [2.24, 2.45) is 16.8 Å². The number of carbonyl (C=O) groups is 1. The molecule has 1 rings (SSSR count). The Morgan fingerprint density at radius 2 is 2.15 bits per heavy atom. The molecule has 0 bridgehead atoms. The highest BCUT2D eigenvalue weighted by Crippen LogP contribution is 2.18. The number of oxime groups is 1. The van der Waals surface area contributed by atoms with Gasteiger partial charge in [-0.25, -0.2) is 4.39 Å². The fourth-order valence-corrected chi connectivity index (χ4v) is 1.67. The molecule has 20 heavy (non-hydrogen) atoms. The maximum atomic E-state index is 13.3. The molecule has 1 amide bonds. The molecule has 0 radical (unpaired) electrons. The van der Waals surface area contributed by atoms with Crippen LogP contribution in [0.3, 0.4) is 0 Å². The van der Waals surface area contributed by atoms with E-state index in [-0.39, 0.29) is 23.1 Å². The third kappa shape index (κ3) is 3.59. The molecule has 0 aliphatic carbocycles. The molecule has 6 nitrogen and oxygen atoms in total. The van der Waals surface area contributed by atoms with Gasteiger partial charge < -0.3 is 21.0 Å². The lowest BCUT2D eigenvalue weighted by atomic mass is 10.0. The van der Waals surface area contributed by atoms with Crippen LogP contribution < -0.4 is 15.8 Å². The molecule has 4 N–H and O–H groups in total. The van der Waals surface area contributed by atoms with Crippen molar-refractivity contribution < 1.29 is 19.1 Å². The number of amidine groups is 1. The van der Waals surface area contributed by atoms with Gasteiger partial charge in [-0.05, 0) is 24.1 Å². The van der Waals surface area contributed by atoms with E-state index in [1.54, 1.807) is 0 Å². The van der Waals surface area contributed by atoms with E-state index >= 15 is 0 Å². The summed E-state index contributed by atoms with van der Waals surface area (Å²) in [6.45, 7) is 3.63. The number of hydrogen-bond acceptors (Lipinski definition) is 4. The van der Waals surface area contributed by atoms with Crippen molar-refractivity contribution in [1.82, 2.24) is 5.32 Å². The van der Waals surface area contributed by atoms with Crippen molar-refractivity contribution in [2.45, 2.75) is 19.9 Å². The third-order valence-corrected chi connectivity index (χ3v) is 2.80. The Bertz CT molecular complexity index is 518. The highest BCUT2D eigenvalue weighted by atomic mass is 19.1. The average Bonchev–Trinajstić information content (AvgIpc) is 2.43. The molecule has 0 fully saturated rings. The summed E-state index contributed by atoms with van der Waals surface area (Å²) in [5, 5.41) is 14.2. The molecule has 0 saturated heterocycles. The number of ether oxygens (including phenoxy) is 1. The fourth-order valence-electron chi connectivity index (χ4n) is 1.67. The monoisotopic (exact) mass is 283 g/mol. The number of benzene rings is 1. The van der Waals surface area contributed by atoms with Crippen LogP contribution in [0.2, 0.25) is 0 Å². The molecular weight excluding hydrogens is 265 g/mol. The van der Waals surface area contributed by atoms with E-state index in [9.17, 15) is 9.18 Å². The molecule has 0 saturated carbocycles. The number of nitrogens with two attached hydrogens (primary N) is 1. The summed E-state index contributed by atoms with van der Waals surface area (Å²) in [4.78, 5) is 12.1. The van der Waals surface area contributed by atoms with Gasteiger partial charge in [-0.15, -0.1) is 0 Å². The van der Waals surface area contributed by atoms with Crippen molar-refractivity contribution in [3.05, 3.63) is 29.6 Å². The van der Waals surface area contributed by atoms with Gasteiger partial charge in [0.1, 0.15) is 0 Å². The SMILES string of the molecule is COc1cc(C(=O)NC(/C(N)=N/O)C(C)C)ccc1F. The van der Waals surface area contributed by atoms with Crippen LogP contribution in [0.4, 0.5) is 4.39 Å². The normalized spacial score (nSPS) is 13.2. The van der Waals surface area contributed by atoms with Crippen LogP contribution in [-0.2, 0) is 0 Å². The number of nitrogens with zero attached hydrogens (tertiary/aromatic N) is 1. The second-order valence-electron chi connectivity index (χ2n) is 4.57. The molecule has 1 aromatic carbocycles. The molecule has 0 heterocycles. The van der Waals surface area contributed by atoms with Crippen molar-refractivity contribution >= 4 is 11.7 Å². The van der Waals surface area contributed by atoms with E-state index in [1.807, 2.05) is 13.8 Å². The first-order valence-electron chi connectivity index (χ1n) is 6.02. The van der Waals surface area contributed by atoms with Gasteiger partial charge in [0.25, 0.3) is 5.91 Å². The summed E-state index contributed by atoms with van der Waals surface area (Å²) < 4.78 is 18.1. The van der Waals surface area contributed by atoms with E-state index < -0.39 is 17.8 Å². The number of carbonyl (C=O) groups excluding carboxylic acids is 1. The van der Waals surface area contributed by atoms with Crippen LogP contribution in [0, 0.1) is 11.7 Å². The number of methoxy groups -OCH3 is 1. The van der Waals surface area contributed by atoms with Crippen LogP contribution in [0.1, 0.15) is 24.2 Å². The largest absolute Gasteiger partial charge is 0.494 e. The zero-order valence-corrected chi connectivity index (χ0v) is 11.6. The lowest BCUT2D eigenvalue weighted by molar-refractivity contribution is 0.0938. The summed E-state index contributed by atoms with van der Waals surface area (Å²) in [6.07, 6.45) is 0. The van der Waals surface area contributed by atoms with E-state index in [0.717, 1.165) is 6.07 Å². The van der Waals surface area contributed by atoms with E-state index in [2.05, 4.69) is 10.5 Å². The second-order valence-corrected chi connectivity index (χ2v) is 4.57. The Labute approximate surface area is 116 Å². The number of hydrogen-bond donors (Lipinski definition) is 3. The Morgan fingerprint density at radius 1 is 1.50 bits per heavy atom. The molecule has 1 unspecified atom stereocenters. The zero-order valence-electron chi connectivity index (χ0n) is 11.6. The topological polar surface area (TPSA) is 96.9 Å². The standard InChI is InChI=1S/C13H18FN3O3/c1-7(2)11(12(15)17-19)16-13(18)8-4-5-9(14)10(6-8)20-3/h4-7,11,19H,1-3H3,(H2,15,17)(H,16,18). The Morgan fingerprint density at radius 3 is 2.65 bits per heavy atom. The summed E-state index contributed by atoms with van der Waals surface area (Å²) in [5.74, 6) is -1.21. The molecule has 0 aliphatic rings. The summed E-state index contributed by atoms with van der Waals surface area (Å²) in [6, 6.07) is 3.14. The molecule has 0 aliphatic heterocycles. The Hall–Kier alpha value is -2.31. The summed E-state index contributed by atoms with van der Waals surface area (Å²) in [7, 11) is 1.31. The molecular formula is C13H18FN3O3. The van der Waals surface area contributed by atoms with E-state index in [4.69, 9.17) is 15.7 Å². The first-order chi connectivity index (χ1) is 9.40. The van der Waals surface area contributed by atoms with E-state index in [1.165, 1.54) is 19.2 Å². The highest BCUT2D eigenvalue weighted by Gasteiger charge is 2.22. The zero-order chi connectivity index (χ0) is 15.3. The Balaban J connectivity index is 2.95. The van der Waals surface area contributed by atoms with Crippen molar-refractivity contribution in [3.8, 4) is 5.75 Å². The van der Waals surface area contributed by atoms with Gasteiger partial charge in [-0.1, -0.05) is 19.0 Å². The molecule has 0 aromatic heterocycles. The lowest BCUT2D eigenvalue weighted by Crippen LogP contribution is -2.47. The van der Waals surface area contributed by atoms with Gasteiger partial charge in [0, 0.05) is 5.56 Å². The van der Waals surface area contributed by atoms with Gasteiger partial charge in [-0.3, -0.25) is 4.79 Å². The average molecular weight is 283 g/mol. The molecule has 7 heteroatoms. The third-order valence-electron chi connectivity index (χ3n) is 2.80. The second kappa shape index (κ2) is 6.74. The van der Waals surface area contributed by atoms with Gasteiger partial charge in [0.2, 0.25) is 0 Å². The quantitative estimate of drug-likeness (QED) is 0.329. The minimum atomic E-state index is -0.622. The molecule has 110 valence electrons. The smallest absolute Gasteiger partial charge is 0.252 e. The summed E-state index contributed by atoms with van der Waals surface area (Å²) in [5.41, 5.74) is 5.75. The van der Waals surface area contributed by atoms with Crippen molar-refractivity contribution in [2.75, 3.05) is 7.11 Å². The number of rotatable bonds is 5. The first kappa shape index (κ1) is 15.7. The first-order valence-corrected chi connectivity index (χ1v) is 6.02. The van der Waals surface area contributed by atoms with Gasteiger partial charge in [0.15, 0.2) is 17.4 Å². The number of halogens is 1. The minimum Gasteiger partial charge on any atom is -0.494 e. The molecule has 1 atom stereocenters. The molecule has 1 aromatic rings. The van der Waals surface area contributed by atoms with Crippen LogP contribution in [-0.4, -0.2) is 30.1 Å². The van der Waals surface area contributed by atoms with Crippen LogP contribution in [0.15, 0.2) is 23.4 Å². The number of nitrogens with one attached hydrogen (secondary N) is 1. The van der Waals surface area contributed by atoms with E-state index in [0.29, 0.717) is 0 Å². The van der Waals surface area contributed by atoms with Gasteiger partial charge in [-0.2, -0.15) is 0 Å². The highest BCUT2D eigenvalue weighted by molar-refractivity contribution is 5.98. The maximum absolute atomic E-state index is 13.3. The number of amides is 1. The van der Waals surface area contributed by atoms with Crippen molar-refractivity contribution in [3.63, 3.8) is 0 Å². The van der Waals surface area contributed by atoms with Crippen LogP contribution >= 0.6 is 0 Å². The van der Waals surface area contributed by atoms with Crippen molar-refractivity contribution in [1.29, 1.82) is 0 Å². The molecule has 0 spiro atoms. The minimum absolute atomic E-state index is 0.0254. The Kier molecular flexibility index (Phi) is 5.31. The van der Waals surface area contributed by atoms with Gasteiger partial charge in [0.05, 0.1) is 13.2 Å². The van der Waals surface area contributed by atoms with Crippen LogP contribution in [0.5, 0.6) is 5.75 Å². The predicted octanol–water partition coefficient (Wildman–Crippen LogP) is 1.34. The van der Waals surface area contributed by atoms with Gasteiger partial charge >= 0.3 is 0 Å². The maximum Gasteiger partial charge on any atom is 0.252 e. The summed E-state index contributed by atoms with van der Waals surface area (Å²) >= 11 is 0. The lowest BCUT2D eigenvalue weighted by Gasteiger charge is -2.21. The predicted molar refractivity (Wildman–Crippen MR) is 72.5 cm³/mol.